The van der Waals surface area contributed by atoms with Gasteiger partial charge in [0.2, 0.25) is 15.9 Å². The predicted molar refractivity (Wildman–Crippen MR) is 122 cm³/mol. The van der Waals surface area contributed by atoms with E-state index >= 15 is 0 Å². The van der Waals surface area contributed by atoms with Crippen molar-refractivity contribution < 1.29 is 26.8 Å². The van der Waals surface area contributed by atoms with E-state index in [0.717, 1.165) is 12.1 Å². The number of hydrogen-bond acceptors (Lipinski definition) is 4. The maximum atomic E-state index is 13.8. The van der Waals surface area contributed by atoms with Gasteiger partial charge in [-0.25, -0.2) is 17.2 Å². The summed E-state index contributed by atoms with van der Waals surface area (Å²) in [6.45, 7) is 3.32. The van der Waals surface area contributed by atoms with Gasteiger partial charge in [0, 0.05) is 44.8 Å². The monoisotopic (exact) mass is 491 g/mol. The average Bonchev–Trinajstić information content (AvgIpc) is 2.85. The van der Waals surface area contributed by atoms with E-state index in [2.05, 4.69) is 0 Å². The highest BCUT2D eigenvalue weighted by Gasteiger charge is 2.36. The molecule has 0 radical (unpaired) electrons. The van der Waals surface area contributed by atoms with Gasteiger partial charge in [0.05, 0.1) is 10.8 Å². The summed E-state index contributed by atoms with van der Waals surface area (Å²) in [4.78, 5) is 29.1. The summed E-state index contributed by atoms with van der Waals surface area (Å²) >= 11 is 0. The molecule has 0 saturated carbocycles. The Morgan fingerprint density at radius 2 is 1.56 bits per heavy atom. The molecule has 2 fully saturated rings. The Morgan fingerprint density at radius 1 is 0.912 bits per heavy atom. The van der Waals surface area contributed by atoms with Crippen LogP contribution >= 0.6 is 0 Å². The second kappa shape index (κ2) is 9.79. The van der Waals surface area contributed by atoms with Gasteiger partial charge in [-0.05, 0) is 61.7 Å². The normalized spacial score (nSPS) is 19.8. The molecule has 7 nitrogen and oxygen atoms in total. The molecular weight excluding hydrogens is 464 g/mol. The van der Waals surface area contributed by atoms with Crippen LogP contribution in [0.5, 0.6) is 0 Å². The summed E-state index contributed by atoms with van der Waals surface area (Å²) < 4.78 is 54.2. The van der Waals surface area contributed by atoms with Gasteiger partial charge in [0.1, 0.15) is 11.6 Å². The van der Waals surface area contributed by atoms with E-state index in [1.807, 2.05) is 0 Å². The zero-order valence-corrected chi connectivity index (χ0v) is 19.7. The van der Waals surface area contributed by atoms with Crippen LogP contribution in [-0.4, -0.2) is 73.6 Å². The van der Waals surface area contributed by atoms with E-state index in [0.29, 0.717) is 51.1 Å². The molecule has 0 N–H and O–H groups in total. The largest absolute Gasteiger partial charge is 0.339 e. The van der Waals surface area contributed by atoms with Crippen molar-refractivity contribution in [2.24, 2.45) is 5.92 Å². The Morgan fingerprint density at radius 3 is 2.21 bits per heavy atom. The van der Waals surface area contributed by atoms with Gasteiger partial charge in [-0.2, -0.15) is 4.31 Å². The number of aryl methyl sites for hydroxylation is 1. The lowest BCUT2D eigenvalue weighted by atomic mass is 9.97. The molecule has 1 unspecified atom stereocenters. The van der Waals surface area contributed by atoms with Crippen molar-refractivity contribution in [3.63, 3.8) is 0 Å². The zero-order chi connectivity index (χ0) is 24.5. The molecule has 2 aromatic carbocycles. The quantitative estimate of drug-likeness (QED) is 0.659. The highest BCUT2D eigenvalue weighted by molar-refractivity contribution is 7.89. The van der Waals surface area contributed by atoms with Crippen molar-refractivity contribution in [1.29, 1.82) is 0 Å². The van der Waals surface area contributed by atoms with Crippen molar-refractivity contribution in [2.45, 2.75) is 24.7 Å². The molecule has 182 valence electrons. The smallest absolute Gasteiger partial charge is 0.254 e. The minimum atomic E-state index is -3.82. The topological polar surface area (TPSA) is 78.0 Å². The van der Waals surface area contributed by atoms with Crippen LogP contribution in [0.1, 0.15) is 28.8 Å². The zero-order valence-electron chi connectivity index (χ0n) is 18.9. The van der Waals surface area contributed by atoms with Gasteiger partial charge in [0.25, 0.3) is 5.91 Å². The number of carbonyl (C=O) groups excluding carboxylic acids is 2. The van der Waals surface area contributed by atoms with Crippen molar-refractivity contribution in [3.05, 3.63) is 65.2 Å². The maximum Gasteiger partial charge on any atom is 0.254 e. The van der Waals surface area contributed by atoms with E-state index in [1.54, 1.807) is 28.9 Å². The molecule has 0 spiro atoms. The molecular formula is C24H27F2N3O4S. The van der Waals surface area contributed by atoms with Gasteiger partial charge in [-0.15, -0.1) is 0 Å². The second-order valence-corrected chi connectivity index (χ2v) is 10.7. The molecule has 10 heteroatoms. The van der Waals surface area contributed by atoms with Gasteiger partial charge in [-0.1, -0.05) is 6.07 Å². The Labute approximate surface area is 198 Å². The highest BCUT2D eigenvalue weighted by Crippen LogP contribution is 2.26. The lowest BCUT2D eigenvalue weighted by molar-refractivity contribution is -0.138. The Kier molecular flexibility index (Phi) is 6.99. The number of piperazine rings is 1. The lowest BCUT2D eigenvalue weighted by Gasteiger charge is -2.38. The summed E-state index contributed by atoms with van der Waals surface area (Å²) in [6, 6.07) is 9.05. The van der Waals surface area contributed by atoms with Crippen molar-refractivity contribution in [2.75, 3.05) is 39.3 Å². The van der Waals surface area contributed by atoms with E-state index in [1.165, 1.54) is 22.5 Å². The molecule has 0 aliphatic carbocycles. The van der Waals surface area contributed by atoms with Crippen LogP contribution in [0.15, 0.2) is 47.4 Å². The number of benzene rings is 2. The van der Waals surface area contributed by atoms with Crippen molar-refractivity contribution in [1.82, 2.24) is 14.1 Å². The number of sulfonamides is 1. The first-order valence-electron chi connectivity index (χ1n) is 11.3. The number of amides is 2. The fraction of sp³-hybridized carbons (Fsp3) is 0.417. The number of nitrogens with zero attached hydrogens (tertiary/aromatic N) is 3. The molecule has 4 rings (SSSR count). The fourth-order valence-corrected chi connectivity index (χ4v) is 5.94. The highest BCUT2D eigenvalue weighted by atomic mass is 32.2. The molecule has 2 aliphatic heterocycles. The van der Waals surface area contributed by atoms with Crippen LogP contribution < -0.4 is 0 Å². The molecule has 2 amide bonds. The standard InChI is InChI=1S/C24H27F2N3O4S/c1-17-4-5-18(15-22(17)26)23(30)27-11-13-28(14-12-27)24(31)19-3-2-10-29(16-19)34(32,33)21-8-6-20(25)7-9-21/h4-9,15,19H,2-3,10-14,16H2,1H3. The van der Waals surface area contributed by atoms with Gasteiger partial charge < -0.3 is 9.80 Å². The van der Waals surface area contributed by atoms with E-state index < -0.39 is 27.6 Å². The number of halogens is 2. The molecule has 2 aromatic rings. The maximum absolute atomic E-state index is 13.8. The molecule has 1 atom stereocenters. The Bertz CT molecular complexity index is 1180. The van der Waals surface area contributed by atoms with Crippen molar-refractivity contribution in [3.8, 4) is 0 Å². The van der Waals surface area contributed by atoms with Crippen LogP contribution in [0.25, 0.3) is 0 Å². The van der Waals surface area contributed by atoms with Crippen LogP contribution in [0.4, 0.5) is 8.78 Å². The number of hydrogen-bond donors (Lipinski definition) is 0. The predicted octanol–water partition coefficient (Wildman–Crippen LogP) is 2.66. The first-order chi connectivity index (χ1) is 16.2. The molecule has 0 aromatic heterocycles. The summed E-state index contributed by atoms with van der Waals surface area (Å²) in [5, 5.41) is 0. The third-order valence-corrected chi connectivity index (χ3v) is 8.36. The first kappa shape index (κ1) is 24.3. The van der Waals surface area contributed by atoms with Crippen molar-refractivity contribution >= 4 is 21.8 Å². The summed E-state index contributed by atoms with van der Waals surface area (Å²) in [5.41, 5.74) is 0.742. The van der Waals surface area contributed by atoms with E-state index in [4.69, 9.17) is 0 Å². The van der Waals surface area contributed by atoms with E-state index in [9.17, 15) is 26.8 Å². The summed E-state index contributed by atoms with van der Waals surface area (Å²) in [7, 11) is -3.82. The van der Waals surface area contributed by atoms with Gasteiger partial charge >= 0.3 is 0 Å². The molecule has 34 heavy (non-hydrogen) atoms. The third-order valence-electron chi connectivity index (χ3n) is 6.48. The molecule has 2 saturated heterocycles. The minimum absolute atomic E-state index is 0.00154. The number of rotatable bonds is 4. The molecule has 0 bridgehead atoms. The third kappa shape index (κ3) is 4.97. The van der Waals surface area contributed by atoms with E-state index in [-0.39, 0.29) is 28.8 Å². The molecule has 2 aliphatic rings. The SMILES string of the molecule is Cc1ccc(C(=O)N2CCN(C(=O)C3CCCN(S(=O)(=O)c4ccc(F)cc4)C3)CC2)cc1F. The van der Waals surface area contributed by atoms with Crippen LogP contribution in [-0.2, 0) is 14.8 Å². The lowest BCUT2D eigenvalue weighted by Crippen LogP contribution is -2.54. The van der Waals surface area contributed by atoms with Crippen LogP contribution in [0, 0.1) is 24.5 Å². The summed E-state index contributed by atoms with van der Waals surface area (Å²) in [6.07, 6.45) is 1.13. The first-order valence-corrected chi connectivity index (χ1v) is 12.7. The second-order valence-electron chi connectivity index (χ2n) is 8.74. The minimum Gasteiger partial charge on any atom is -0.339 e. The number of carbonyl (C=O) groups is 2. The summed E-state index contributed by atoms with van der Waals surface area (Å²) in [5.74, 6) is -1.84. The fourth-order valence-electron chi connectivity index (χ4n) is 4.41. The van der Waals surface area contributed by atoms with Gasteiger partial charge in [0.15, 0.2) is 0 Å². The Hall–Kier alpha value is -2.85. The van der Waals surface area contributed by atoms with Crippen LogP contribution in [0.2, 0.25) is 0 Å². The molecule has 2 heterocycles. The van der Waals surface area contributed by atoms with Gasteiger partial charge in [-0.3, -0.25) is 9.59 Å². The average molecular weight is 492 g/mol. The number of piperidine rings is 1. The van der Waals surface area contributed by atoms with Crippen LogP contribution in [0.3, 0.4) is 0 Å². The Balaban J connectivity index is 1.36.